The van der Waals surface area contributed by atoms with Crippen molar-refractivity contribution in [2.45, 2.75) is 44.9 Å². The minimum absolute atomic E-state index is 0.0248. The lowest BCUT2D eigenvalue weighted by atomic mass is 9.92. The van der Waals surface area contributed by atoms with E-state index in [0.717, 1.165) is 36.8 Å². The molecular weight excluding hydrogens is 444 g/mol. The highest BCUT2D eigenvalue weighted by Crippen LogP contribution is 2.44. The molecule has 0 spiro atoms. The largest absolute Gasteiger partial charge is 0.481 e. The molecule has 0 saturated heterocycles. The van der Waals surface area contributed by atoms with E-state index >= 15 is 0 Å². The van der Waals surface area contributed by atoms with Crippen LogP contribution in [0.1, 0.15) is 56.1 Å². The van der Waals surface area contributed by atoms with Crippen LogP contribution in [0.5, 0.6) is 0 Å². The highest BCUT2D eigenvalue weighted by Gasteiger charge is 2.30. The van der Waals surface area contributed by atoms with Crippen LogP contribution < -0.4 is 10.6 Å². The molecule has 2 atom stereocenters. The summed E-state index contributed by atoms with van der Waals surface area (Å²) in [5.41, 5.74) is 4.63. The molecule has 0 aromatic heterocycles. The molecule has 2 aliphatic rings. The lowest BCUT2D eigenvalue weighted by molar-refractivity contribution is -0.141. The van der Waals surface area contributed by atoms with E-state index in [-0.39, 0.29) is 31.5 Å². The second-order valence-electron chi connectivity index (χ2n) is 9.77. The van der Waals surface area contributed by atoms with Crippen molar-refractivity contribution in [2.24, 2.45) is 17.8 Å². The number of carbonyl (C=O) groups excluding carboxylic acids is 2. The molecule has 1 saturated carbocycles. The molecule has 2 amide bonds. The first-order valence-electron chi connectivity index (χ1n) is 12.5. The van der Waals surface area contributed by atoms with Gasteiger partial charge in [-0.2, -0.15) is 0 Å². The van der Waals surface area contributed by atoms with Gasteiger partial charge in [-0.3, -0.25) is 9.59 Å². The first kappa shape index (κ1) is 24.8. The zero-order chi connectivity index (χ0) is 24.8. The number of benzene rings is 2. The van der Waals surface area contributed by atoms with Crippen molar-refractivity contribution in [1.82, 2.24) is 10.6 Å². The topological polar surface area (TPSA) is 105 Å². The summed E-state index contributed by atoms with van der Waals surface area (Å²) in [5, 5.41) is 14.6. The average Bonchev–Trinajstić information content (AvgIpc) is 3.49. The van der Waals surface area contributed by atoms with Crippen LogP contribution in [0.25, 0.3) is 11.1 Å². The number of nitrogens with one attached hydrogen (secondary N) is 2. The number of hydrogen-bond donors (Lipinski definition) is 3. The number of alkyl carbamates (subject to hydrolysis) is 1. The van der Waals surface area contributed by atoms with Crippen LogP contribution in [0, 0.1) is 17.8 Å². The van der Waals surface area contributed by atoms with Crippen molar-refractivity contribution in [1.29, 1.82) is 0 Å². The van der Waals surface area contributed by atoms with Gasteiger partial charge in [0.05, 0.1) is 11.8 Å². The van der Waals surface area contributed by atoms with Crippen LogP contribution in [0.4, 0.5) is 4.79 Å². The van der Waals surface area contributed by atoms with Crippen molar-refractivity contribution in [2.75, 3.05) is 19.7 Å². The zero-order valence-electron chi connectivity index (χ0n) is 20.2. The van der Waals surface area contributed by atoms with E-state index in [1.807, 2.05) is 24.3 Å². The van der Waals surface area contributed by atoms with Gasteiger partial charge in [-0.05, 0) is 34.6 Å². The summed E-state index contributed by atoms with van der Waals surface area (Å²) >= 11 is 0. The van der Waals surface area contributed by atoms with Crippen LogP contribution >= 0.6 is 0 Å². The third-order valence-electron chi connectivity index (χ3n) is 7.30. The molecule has 1 fully saturated rings. The summed E-state index contributed by atoms with van der Waals surface area (Å²) in [7, 11) is 0. The number of hydrogen-bond acceptors (Lipinski definition) is 4. The van der Waals surface area contributed by atoms with Gasteiger partial charge in [0.25, 0.3) is 0 Å². The third kappa shape index (κ3) is 6.02. The van der Waals surface area contributed by atoms with Crippen LogP contribution in [-0.2, 0) is 14.3 Å². The SMILES string of the molecule is CC(CNC(=O)C(CNC(=O)OCC1c2ccccc2-c2ccccc21)CC1CCCC1)C(=O)O. The van der Waals surface area contributed by atoms with Crippen LogP contribution in [-0.4, -0.2) is 42.8 Å². The maximum absolute atomic E-state index is 12.8. The first-order chi connectivity index (χ1) is 16.9. The molecule has 7 heteroatoms. The number of carbonyl (C=O) groups is 3. The fourth-order valence-corrected chi connectivity index (χ4v) is 5.27. The highest BCUT2D eigenvalue weighted by atomic mass is 16.5. The monoisotopic (exact) mass is 478 g/mol. The molecule has 4 rings (SSSR count). The number of carboxylic acids is 1. The maximum Gasteiger partial charge on any atom is 0.407 e. The highest BCUT2D eigenvalue weighted by molar-refractivity contribution is 5.81. The zero-order valence-corrected chi connectivity index (χ0v) is 20.2. The number of carboxylic acid groups (broad SMARTS) is 1. The second-order valence-corrected chi connectivity index (χ2v) is 9.77. The van der Waals surface area contributed by atoms with E-state index in [2.05, 4.69) is 34.9 Å². The molecule has 2 aromatic rings. The minimum atomic E-state index is -0.950. The lowest BCUT2D eigenvalue weighted by Gasteiger charge is -2.21. The molecule has 0 radical (unpaired) electrons. The number of aliphatic carboxylic acids is 1. The Morgan fingerprint density at radius 1 is 0.943 bits per heavy atom. The van der Waals surface area contributed by atoms with Gasteiger partial charge < -0.3 is 20.5 Å². The fourth-order valence-electron chi connectivity index (χ4n) is 5.27. The summed E-state index contributed by atoms with van der Waals surface area (Å²) in [5.74, 6) is -1.82. The second kappa shape index (κ2) is 11.4. The Kier molecular flexibility index (Phi) is 8.06. The van der Waals surface area contributed by atoms with Gasteiger partial charge in [0.15, 0.2) is 0 Å². The quantitative estimate of drug-likeness (QED) is 0.464. The summed E-state index contributed by atoms with van der Waals surface area (Å²) in [4.78, 5) is 36.5. The van der Waals surface area contributed by atoms with Crippen molar-refractivity contribution in [3.05, 3.63) is 59.7 Å². The van der Waals surface area contributed by atoms with Crippen molar-refractivity contribution in [3.63, 3.8) is 0 Å². The molecule has 3 N–H and O–H groups in total. The molecule has 0 heterocycles. The molecule has 35 heavy (non-hydrogen) atoms. The Balaban J connectivity index is 1.33. The van der Waals surface area contributed by atoms with Gasteiger partial charge in [-0.1, -0.05) is 81.1 Å². The lowest BCUT2D eigenvalue weighted by Crippen LogP contribution is -2.42. The molecule has 2 aromatic carbocycles. The van der Waals surface area contributed by atoms with E-state index in [1.165, 1.54) is 11.1 Å². The molecule has 0 bridgehead atoms. The first-order valence-corrected chi connectivity index (χ1v) is 12.5. The van der Waals surface area contributed by atoms with Gasteiger partial charge in [0, 0.05) is 19.0 Å². The number of amides is 2. The van der Waals surface area contributed by atoms with Gasteiger partial charge in [-0.15, -0.1) is 0 Å². The number of ether oxygens (including phenoxy) is 1. The predicted molar refractivity (Wildman–Crippen MR) is 133 cm³/mol. The summed E-state index contributed by atoms with van der Waals surface area (Å²) in [6.07, 6.45) is 4.62. The summed E-state index contributed by atoms with van der Waals surface area (Å²) in [6.45, 7) is 2.01. The predicted octanol–water partition coefficient (Wildman–Crippen LogP) is 4.56. The van der Waals surface area contributed by atoms with Crippen LogP contribution in [0.3, 0.4) is 0 Å². The van der Waals surface area contributed by atoms with E-state index in [1.54, 1.807) is 6.92 Å². The smallest absolute Gasteiger partial charge is 0.407 e. The third-order valence-corrected chi connectivity index (χ3v) is 7.30. The van der Waals surface area contributed by atoms with E-state index in [0.29, 0.717) is 12.3 Å². The van der Waals surface area contributed by atoms with Gasteiger partial charge in [0.1, 0.15) is 6.61 Å². The van der Waals surface area contributed by atoms with E-state index < -0.39 is 23.9 Å². The minimum Gasteiger partial charge on any atom is -0.481 e. The van der Waals surface area contributed by atoms with Crippen LogP contribution in [0.2, 0.25) is 0 Å². The number of fused-ring (bicyclic) bond motifs is 3. The van der Waals surface area contributed by atoms with Gasteiger partial charge in [-0.25, -0.2) is 4.79 Å². The Morgan fingerprint density at radius 3 is 2.14 bits per heavy atom. The van der Waals surface area contributed by atoms with E-state index in [4.69, 9.17) is 9.84 Å². The Morgan fingerprint density at radius 2 is 1.54 bits per heavy atom. The Hall–Kier alpha value is -3.35. The van der Waals surface area contributed by atoms with Crippen molar-refractivity contribution >= 4 is 18.0 Å². The molecule has 7 nitrogen and oxygen atoms in total. The maximum atomic E-state index is 12.8. The fraction of sp³-hybridized carbons (Fsp3) is 0.464. The molecule has 0 aliphatic heterocycles. The standard InChI is InChI=1S/C28H34N2O5/c1-18(27(32)33)15-29-26(31)20(14-19-8-2-3-9-19)16-30-28(34)35-17-25-23-12-6-4-10-21(23)22-11-5-7-13-24(22)25/h4-7,10-13,18-20,25H,2-3,8-9,14-17H2,1H3,(H,29,31)(H,30,34)(H,32,33). The molecular formula is C28H34N2O5. The van der Waals surface area contributed by atoms with E-state index in [9.17, 15) is 14.4 Å². The van der Waals surface area contributed by atoms with Gasteiger partial charge in [0.2, 0.25) is 5.91 Å². The summed E-state index contributed by atoms with van der Waals surface area (Å²) < 4.78 is 5.61. The molecule has 2 unspecified atom stereocenters. The normalized spacial score (nSPS) is 16.7. The molecule has 2 aliphatic carbocycles. The van der Waals surface area contributed by atoms with Gasteiger partial charge >= 0.3 is 12.1 Å². The van der Waals surface area contributed by atoms with Crippen molar-refractivity contribution < 1.29 is 24.2 Å². The van der Waals surface area contributed by atoms with Crippen LogP contribution in [0.15, 0.2) is 48.5 Å². The van der Waals surface area contributed by atoms with Crippen molar-refractivity contribution in [3.8, 4) is 11.1 Å². The Labute approximate surface area is 206 Å². The average molecular weight is 479 g/mol. The molecule has 186 valence electrons. The summed E-state index contributed by atoms with van der Waals surface area (Å²) in [6, 6.07) is 16.3. The Bertz CT molecular complexity index is 1020. The number of rotatable bonds is 10.